The van der Waals surface area contributed by atoms with Crippen molar-refractivity contribution in [2.24, 2.45) is 0 Å². The van der Waals surface area contributed by atoms with E-state index in [1.807, 2.05) is 13.8 Å². The van der Waals surface area contributed by atoms with Gasteiger partial charge >= 0.3 is 0 Å². The highest BCUT2D eigenvalue weighted by molar-refractivity contribution is 4.91. The summed E-state index contributed by atoms with van der Waals surface area (Å²) in [7, 11) is 0. The SMILES string of the molecule is CC1CCC(C(O)C(O)C2CCC(C)O2)O1.CCC1CCC(C(O)C(O)C2CCC(CO)O2)O1.OC(C1CCCO1)C(O)C1CCCO1. The molecule has 0 saturated carbocycles. The molecule has 6 rings (SSSR count). The average Bonchev–Trinajstić information content (AvgIpc) is 3.95. The third-order valence-electron chi connectivity index (χ3n) is 10.7. The van der Waals surface area contributed by atoms with Crippen LogP contribution in [0.25, 0.3) is 0 Å². The minimum absolute atomic E-state index is 0.0306. The molecule has 7 N–H and O–H groups in total. The second kappa shape index (κ2) is 19.9. The Labute approximate surface area is 285 Å². The number of ether oxygens (including phenoxy) is 6. The van der Waals surface area contributed by atoms with E-state index in [0.717, 1.165) is 77.0 Å². The van der Waals surface area contributed by atoms with Gasteiger partial charge in [0.15, 0.2) is 0 Å². The molecule has 13 heteroatoms. The fourth-order valence-electron chi connectivity index (χ4n) is 7.64. The first-order valence-electron chi connectivity index (χ1n) is 18.6. The molecule has 0 aromatic carbocycles. The third-order valence-corrected chi connectivity index (χ3v) is 10.7. The molecule has 0 aromatic heterocycles. The van der Waals surface area contributed by atoms with Gasteiger partial charge in [-0.15, -0.1) is 0 Å². The predicted molar refractivity (Wildman–Crippen MR) is 174 cm³/mol. The van der Waals surface area contributed by atoms with Crippen LogP contribution in [0.4, 0.5) is 0 Å². The van der Waals surface area contributed by atoms with E-state index in [1.165, 1.54) is 0 Å². The fourth-order valence-corrected chi connectivity index (χ4v) is 7.64. The summed E-state index contributed by atoms with van der Waals surface area (Å²) in [6.07, 6.45) is 5.03. The topological polar surface area (TPSA) is 197 Å². The summed E-state index contributed by atoms with van der Waals surface area (Å²) in [4.78, 5) is 0. The zero-order chi connectivity index (χ0) is 34.8. The molecule has 0 bridgehead atoms. The zero-order valence-electron chi connectivity index (χ0n) is 29.1. The molecular formula is C35H64O13. The lowest BCUT2D eigenvalue weighted by atomic mass is 9.99. The lowest BCUT2D eigenvalue weighted by Gasteiger charge is -2.27. The van der Waals surface area contributed by atoms with Crippen molar-refractivity contribution in [1.82, 2.24) is 0 Å². The van der Waals surface area contributed by atoms with Crippen LogP contribution in [0.15, 0.2) is 0 Å². The van der Waals surface area contributed by atoms with E-state index in [4.69, 9.17) is 33.5 Å². The highest BCUT2D eigenvalue weighted by atomic mass is 16.5. The van der Waals surface area contributed by atoms with Crippen molar-refractivity contribution >= 4 is 0 Å². The van der Waals surface area contributed by atoms with Gasteiger partial charge in [-0.3, -0.25) is 0 Å². The standard InChI is InChI=1S/C13H24O5.C12H22O4.C10H18O4/c1-2-8-3-5-10(17-8)12(15)13(16)11-6-4-9(7-14)18-11;1-7-3-5-9(15-7)11(13)12(14)10-6-4-8(2)16-10;11-9(7-3-1-5-13-7)10(12)8-4-2-6-14-8/h8-16H,2-7H2,1H3;7-14H,3-6H2,1-2H3;7-12H,1-6H2. The van der Waals surface area contributed by atoms with Gasteiger partial charge in [-0.25, -0.2) is 0 Å². The molecule has 6 saturated heterocycles. The first kappa shape index (κ1) is 40.3. The lowest BCUT2D eigenvalue weighted by Crippen LogP contribution is -2.44. The zero-order valence-corrected chi connectivity index (χ0v) is 29.1. The first-order valence-corrected chi connectivity index (χ1v) is 18.6. The Morgan fingerprint density at radius 1 is 0.458 bits per heavy atom. The van der Waals surface area contributed by atoms with Gasteiger partial charge < -0.3 is 64.2 Å². The number of aliphatic hydroxyl groups excluding tert-OH is 7. The third kappa shape index (κ3) is 11.2. The van der Waals surface area contributed by atoms with Crippen LogP contribution in [0, 0.1) is 0 Å². The molecule has 13 nitrogen and oxygen atoms in total. The second-order valence-electron chi connectivity index (χ2n) is 14.5. The van der Waals surface area contributed by atoms with E-state index in [1.54, 1.807) is 0 Å². The molecule has 48 heavy (non-hydrogen) atoms. The second-order valence-corrected chi connectivity index (χ2v) is 14.5. The van der Waals surface area contributed by atoms with Gasteiger partial charge in [0, 0.05) is 13.2 Å². The Morgan fingerprint density at radius 2 is 0.812 bits per heavy atom. The Hall–Kier alpha value is -0.520. The Balaban J connectivity index is 0.000000164. The molecule has 0 radical (unpaired) electrons. The van der Waals surface area contributed by atoms with Crippen molar-refractivity contribution in [2.45, 2.75) is 202 Å². The maximum atomic E-state index is 10.1. The predicted octanol–water partition coefficient (Wildman–Crippen LogP) is 1.12. The maximum absolute atomic E-state index is 10.1. The number of hydrogen-bond donors (Lipinski definition) is 7. The summed E-state index contributed by atoms with van der Waals surface area (Å²) in [6, 6.07) is 0. The molecule has 0 aromatic rings. The summed E-state index contributed by atoms with van der Waals surface area (Å²) in [5.74, 6) is 0. The smallest absolute Gasteiger partial charge is 0.109 e. The van der Waals surface area contributed by atoms with Crippen molar-refractivity contribution in [1.29, 1.82) is 0 Å². The van der Waals surface area contributed by atoms with E-state index in [-0.39, 0.29) is 67.6 Å². The van der Waals surface area contributed by atoms with Gasteiger partial charge in [0.2, 0.25) is 0 Å². The molecule has 0 amide bonds. The van der Waals surface area contributed by atoms with Crippen LogP contribution >= 0.6 is 0 Å². The first-order chi connectivity index (χ1) is 23.0. The molecule has 16 atom stereocenters. The molecule has 16 unspecified atom stereocenters. The van der Waals surface area contributed by atoms with Gasteiger partial charge in [0.05, 0.1) is 67.6 Å². The summed E-state index contributed by atoms with van der Waals surface area (Å²) in [5, 5.41) is 68.9. The van der Waals surface area contributed by atoms with E-state index in [2.05, 4.69) is 6.92 Å². The monoisotopic (exact) mass is 692 g/mol. The molecule has 6 heterocycles. The van der Waals surface area contributed by atoms with E-state index < -0.39 is 36.6 Å². The Bertz CT molecular complexity index is 817. The van der Waals surface area contributed by atoms with Crippen LogP contribution in [-0.4, -0.2) is 153 Å². The number of hydrogen-bond acceptors (Lipinski definition) is 13. The van der Waals surface area contributed by atoms with Crippen molar-refractivity contribution in [3.8, 4) is 0 Å². The minimum Gasteiger partial charge on any atom is -0.394 e. The van der Waals surface area contributed by atoms with E-state index in [0.29, 0.717) is 19.6 Å². The van der Waals surface area contributed by atoms with Crippen LogP contribution < -0.4 is 0 Å². The summed E-state index contributed by atoms with van der Waals surface area (Å²) < 4.78 is 33.0. The van der Waals surface area contributed by atoms with Crippen LogP contribution in [0.3, 0.4) is 0 Å². The lowest BCUT2D eigenvalue weighted by molar-refractivity contribution is -0.133. The number of rotatable bonds is 11. The maximum Gasteiger partial charge on any atom is 0.109 e. The number of aliphatic hydroxyl groups is 7. The van der Waals surface area contributed by atoms with Crippen molar-refractivity contribution < 1.29 is 64.2 Å². The van der Waals surface area contributed by atoms with Crippen LogP contribution in [-0.2, 0) is 28.4 Å². The molecule has 282 valence electrons. The summed E-state index contributed by atoms with van der Waals surface area (Å²) in [5.41, 5.74) is 0. The van der Waals surface area contributed by atoms with E-state index >= 15 is 0 Å². The quantitative estimate of drug-likeness (QED) is 0.163. The Kier molecular flexibility index (Phi) is 16.7. The fraction of sp³-hybridized carbons (Fsp3) is 1.00. The van der Waals surface area contributed by atoms with Crippen molar-refractivity contribution in [3.63, 3.8) is 0 Å². The Morgan fingerprint density at radius 3 is 1.10 bits per heavy atom. The molecule has 0 spiro atoms. The molecule has 6 fully saturated rings. The highest BCUT2D eigenvalue weighted by Gasteiger charge is 2.41. The van der Waals surface area contributed by atoms with Gasteiger partial charge in [0.25, 0.3) is 0 Å². The van der Waals surface area contributed by atoms with Crippen LogP contribution in [0.2, 0.25) is 0 Å². The molecule has 0 aliphatic carbocycles. The average molecular weight is 693 g/mol. The van der Waals surface area contributed by atoms with Gasteiger partial charge in [0.1, 0.15) is 36.6 Å². The van der Waals surface area contributed by atoms with Crippen LogP contribution in [0.1, 0.15) is 104 Å². The van der Waals surface area contributed by atoms with Gasteiger partial charge in [-0.1, -0.05) is 6.92 Å². The summed E-state index contributed by atoms with van der Waals surface area (Å²) in [6.45, 7) is 7.40. The van der Waals surface area contributed by atoms with Crippen molar-refractivity contribution in [2.75, 3.05) is 19.8 Å². The van der Waals surface area contributed by atoms with E-state index in [9.17, 15) is 30.6 Å². The molecule has 6 aliphatic heterocycles. The minimum atomic E-state index is -0.929. The van der Waals surface area contributed by atoms with Gasteiger partial charge in [-0.2, -0.15) is 0 Å². The highest BCUT2D eigenvalue weighted by Crippen LogP contribution is 2.31. The normalized spacial score (nSPS) is 40.4. The molecule has 6 aliphatic rings. The van der Waals surface area contributed by atoms with Crippen LogP contribution in [0.5, 0.6) is 0 Å². The largest absolute Gasteiger partial charge is 0.394 e. The van der Waals surface area contributed by atoms with Gasteiger partial charge in [-0.05, 0) is 97.3 Å². The van der Waals surface area contributed by atoms with Crippen molar-refractivity contribution in [3.05, 3.63) is 0 Å². The molecular weight excluding hydrogens is 628 g/mol. The summed E-state index contributed by atoms with van der Waals surface area (Å²) >= 11 is 0.